The van der Waals surface area contributed by atoms with Gasteiger partial charge < -0.3 is 5.11 Å². The van der Waals surface area contributed by atoms with Crippen molar-refractivity contribution < 1.29 is 9.50 Å². The second-order valence-electron chi connectivity index (χ2n) is 4.13. The lowest BCUT2D eigenvalue weighted by Crippen LogP contribution is -2.01. The first-order chi connectivity index (χ1) is 8.58. The molecule has 0 aliphatic rings. The second-order valence-corrected chi connectivity index (χ2v) is 5.04. The molecule has 2 rings (SSSR count). The number of aromatic nitrogens is 2. The Balaban J connectivity index is 2.12. The zero-order valence-electron chi connectivity index (χ0n) is 9.98. The van der Waals surface area contributed by atoms with Crippen LogP contribution in [0.2, 0.25) is 0 Å². The van der Waals surface area contributed by atoms with Crippen molar-refractivity contribution in [1.29, 1.82) is 0 Å². The van der Waals surface area contributed by atoms with E-state index in [1.807, 2.05) is 6.92 Å². The van der Waals surface area contributed by atoms with Crippen LogP contribution in [0.25, 0.3) is 0 Å². The highest BCUT2D eigenvalue weighted by molar-refractivity contribution is 9.10. The average Bonchev–Trinajstić information content (AvgIpc) is 2.75. The van der Waals surface area contributed by atoms with Crippen LogP contribution in [-0.4, -0.2) is 14.9 Å². The van der Waals surface area contributed by atoms with Gasteiger partial charge in [0.2, 0.25) is 0 Å². The van der Waals surface area contributed by atoms with Crippen LogP contribution < -0.4 is 0 Å². The van der Waals surface area contributed by atoms with Gasteiger partial charge in [-0.2, -0.15) is 5.10 Å². The topological polar surface area (TPSA) is 38.0 Å². The number of hydrogen-bond acceptors (Lipinski definition) is 2. The van der Waals surface area contributed by atoms with Crippen LogP contribution in [0.5, 0.6) is 0 Å². The normalized spacial score (nSPS) is 12.7. The summed E-state index contributed by atoms with van der Waals surface area (Å²) in [4.78, 5) is 0. The minimum atomic E-state index is -0.668. The Kier molecular flexibility index (Phi) is 4.14. The quantitative estimate of drug-likeness (QED) is 0.942. The maximum absolute atomic E-state index is 13.2. The van der Waals surface area contributed by atoms with Gasteiger partial charge in [0.25, 0.3) is 0 Å². The summed E-state index contributed by atoms with van der Waals surface area (Å²) in [5.74, 6) is -0.309. The third-order valence-electron chi connectivity index (χ3n) is 2.71. The summed E-state index contributed by atoms with van der Waals surface area (Å²) in [5, 5.41) is 14.2. The Bertz CT molecular complexity index is 521. The van der Waals surface area contributed by atoms with Crippen molar-refractivity contribution >= 4 is 15.9 Å². The van der Waals surface area contributed by atoms with E-state index in [2.05, 4.69) is 21.0 Å². The van der Waals surface area contributed by atoms with Gasteiger partial charge in [0, 0.05) is 29.2 Å². The first-order valence-electron chi connectivity index (χ1n) is 5.74. The van der Waals surface area contributed by atoms with E-state index < -0.39 is 6.10 Å². The van der Waals surface area contributed by atoms with Crippen molar-refractivity contribution in [1.82, 2.24) is 9.78 Å². The van der Waals surface area contributed by atoms with Crippen molar-refractivity contribution in [2.45, 2.75) is 26.0 Å². The fourth-order valence-electron chi connectivity index (χ4n) is 1.79. The van der Waals surface area contributed by atoms with Crippen molar-refractivity contribution in [3.8, 4) is 0 Å². The molecule has 5 heteroatoms. The van der Waals surface area contributed by atoms with Crippen molar-refractivity contribution in [2.75, 3.05) is 0 Å². The van der Waals surface area contributed by atoms with Gasteiger partial charge in [-0.1, -0.05) is 15.9 Å². The molecule has 1 atom stereocenters. The van der Waals surface area contributed by atoms with Gasteiger partial charge in [-0.05, 0) is 30.7 Å². The predicted molar refractivity (Wildman–Crippen MR) is 70.7 cm³/mol. The lowest BCUT2D eigenvalue weighted by molar-refractivity contribution is 0.178. The molecule has 0 radical (unpaired) electrons. The third kappa shape index (κ3) is 3.17. The summed E-state index contributed by atoms with van der Waals surface area (Å²) in [6.45, 7) is 2.74. The van der Waals surface area contributed by atoms with Gasteiger partial charge in [0.15, 0.2) is 0 Å². The maximum Gasteiger partial charge on any atom is 0.124 e. The average molecular weight is 313 g/mol. The van der Waals surface area contributed by atoms with E-state index in [1.54, 1.807) is 23.1 Å². The molecule has 1 aromatic carbocycles. The number of aliphatic hydroxyl groups is 1. The van der Waals surface area contributed by atoms with Gasteiger partial charge in [0.05, 0.1) is 12.3 Å². The lowest BCUT2D eigenvalue weighted by atomic mass is 10.0. The number of nitrogens with zero attached hydrogens (tertiary/aromatic N) is 2. The molecule has 2 aromatic rings. The molecule has 0 spiro atoms. The monoisotopic (exact) mass is 312 g/mol. The van der Waals surface area contributed by atoms with Crippen LogP contribution in [0.15, 0.2) is 35.1 Å². The van der Waals surface area contributed by atoms with Gasteiger partial charge in [0.1, 0.15) is 5.82 Å². The molecular weight excluding hydrogens is 299 g/mol. The van der Waals surface area contributed by atoms with Crippen LogP contribution in [0, 0.1) is 5.82 Å². The summed E-state index contributed by atoms with van der Waals surface area (Å²) >= 11 is 3.24. The molecule has 96 valence electrons. The van der Waals surface area contributed by atoms with Crippen LogP contribution in [0.1, 0.15) is 24.2 Å². The molecule has 1 heterocycles. The highest BCUT2D eigenvalue weighted by Gasteiger charge is 2.11. The minimum Gasteiger partial charge on any atom is -0.388 e. The molecule has 0 aliphatic carbocycles. The summed E-state index contributed by atoms with van der Waals surface area (Å²) in [6.07, 6.45) is 3.15. The van der Waals surface area contributed by atoms with E-state index in [0.29, 0.717) is 10.9 Å². The molecule has 1 aromatic heterocycles. The first kappa shape index (κ1) is 13.2. The Morgan fingerprint density at radius 1 is 1.44 bits per heavy atom. The second kappa shape index (κ2) is 5.63. The SMILES string of the molecule is CCn1cc(C(O)Cc2cc(F)cc(Br)c2)cn1. The first-order valence-corrected chi connectivity index (χ1v) is 6.53. The van der Waals surface area contributed by atoms with E-state index >= 15 is 0 Å². The molecule has 0 fully saturated rings. The highest BCUT2D eigenvalue weighted by Crippen LogP contribution is 2.21. The molecular formula is C13H14BrFN2O. The molecule has 0 saturated heterocycles. The zero-order chi connectivity index (χ0) is 13.1. The van der Waals surface area contributed by atoms with Crippen LogP contribution in [0.4, 0.5) is 4.39 Å². The zero-order valence-corrected chi connectivity index (χ0v) is 11.6. The van der Waals surface area contributed by atoms with E-state index in [4.69, 9.17) is 0 Å². The minimum absolute atomic E-state index is 0.309. The van der Waals surface area contributed by atoms with Crippen molar-refractivity contribution in [3.05, 3.63) is 52.0 Å². The fraction of sp³-hybridized carbons (Fsp3) is 0.308. The summed E-state index contributed by atoms with van der Waals surface area (Å²) in [7, 11) is 0. The van der Waals surface area contributed by atoms with Crippen LogP contribution in [-0.2, 0) is 13.0 Å². The number of benzene rings is 1. The molecule has 0 aliphatic heterocycles. The fourth-order valence-corrected chi connectivity index (χ4v) is 2.31. The van der Waals surface area contributed by atoms with E-state index in [-0.39, 0.29) is 5.82 Å². The Labute approximate surface area is 113 Å². The Morgan fingerprint density at radius 3 is 2.83 bits per heavy atom. The summed E-state index contributed by atoms with van der Waals surface area (Å²) in [5.41, 5.74) is 1.50. The number of aliphatic hydroxyl groups excluding tert-OH is 1. The third-order valence-corrected chi connectivity index (χ3v) is 3.17. The van der Waals surface area contributed by atoms with E-state index in [9.17, 15) is 9.50 Å². The largest absolute Gasteiger partial charge is 0.388 e. The van der Waals surface area contributed by atoms with Crippen LogP contribution >= 0.6 is 15.9 Å². The molecule has 18 heavy (non-hydrogen) atoms. The lowest BCUT2D eigenvalue weighted by Gasteiger charge is -2.09. The molecule has 3 nitrogen and oxygen atoms in total. The summed E-state index contributed by atoms with van der Waals surface area (Å²) < 4.78 is 15.6. The van der Waals surface area contributed by atoms with Gasteiger partial charge in [-0.25, -0.2) is 4.39 Å². The number of aryl methyl sites for hydroxylation is 1. The highest BCUT2D eigenvalue weighted by atomic mass is 79.9. The molecule has 0 bridgehead atoms. The predicted octanol–water partition coefficient (Wildman–Crippen LogP) is 3.08. The van der Waals surface area contributed by atoms with Crippen molar-refractivity contribution in [2.24, 2.45) is 0 Å². The number of hydrogen-bond donors (Lipinski definition) is 1. The molecule has 0 saturated carbocycles. The summed E-state index contributed by atoms with van der Waals surface area (Å²) in [6, 6.07) is 4.62. The number of halogens is 2. The maximum atomic E-state index is 13.2. The molecule has 0 amide bonds. The van der Waals surface area contributed by atoms with Gasteiger partial charge in [-0.15, -0.1) is 0 Å². The van der Waals surface area contributed by atoms with Gasteiger partial charge in [-0.3, -0.25) is 4.68 Å². The Hall–Kier alpha value is -1.20. The number of rotatable bonds is 4. The molecule has 1 unspecified atom stereocenters. The van der Waals surface area contributed by atoms with Crippen LogP contribution in [0.3, 0.4) is 0 Å². The molecule has 1 N–H and O–H groups in total. The smallest absolute Gasteiger partial charge is 0.124 e. The van der Waals surface area contributed by atoms with Crippen molar-refractivity contribution in [3.63, 3.8) is 0 Å². The van der Waals surface area contributed by atoms with E-state index in [1.165, 1.54) is 12.1 Å². The van der Waals surface area contributed by atoms with E-state index in [0.717, 1.165) is 17.7 Å². The van der Waals surface area contributed by atoms with Gasteiger partial charge >= 0.3 is 0 Å². The standard InChI is InChI=1S/C13H14BrFN2O/c1-2-17-8-10(7-16-17)13(18)5-9-3-11(14)6-12(15)4-9/h3-4,6-8,13,18H,2,5H2,1H3. The Morgan fingerprint density at radius 2 is 2.22 bits per heavy atom.